The molecule has 6 aromatic carbocycles. The number of aryl methyl sites for hydroxylation is 1. The highest BCUT2D eigenvalue weighted by Crippen LogP contribution is 2.37. The van der Waals surface area contributed by atoms with Gasteiger partial charge in [-0.15, -0.1) is 0 Å². The van der Waals surface area contributed by atoms with Crippen LogP contribution < -0.4 is 0 Å². The van der Waals surface area contributed by atoms with Gasteiger partial charge < -0.3 is 4.57 Å². The summed E-state index contributed by atoms with van der Waals surface area (Å²) in [5.41, 5.74) is 8.93. The first-order chi connectivity index (χ1) is 22.8. The van der Waals surface area contributed by atoms with E-state index >= 15 is 0 Å². The quantitative estimate of drug-likeness (QED) is 0.200. The van der Waals surface area contributed by atoms with Gasteiger partial charge in [-0.2, -0.15) is 9.97 Å². The molecular formula is C41H29N5. The molecule has 5 heteroatoms. The average Bonchev–Trinajstić information content (AvgIpc) is 3.64. The number of aromatic nitrogens is 5. The molecule has 0 saturated heterocycles. The van der Waals surface area contributed by atoms with Crippen LogP contribution in [0.2, 0.25) is 0 Å². The Labute approximate surface area is 266 Å². The Kier molecular flexibility index (Phi) is 6.03. The van der Waals surface area contributed by atoms with Crippen molar-refractivity contribution < 1.29 is 0 Å². The van der Waals surface area contributed by atoms with Crippen LogP contribution in [0, 0.1) is 0 Å². The second-order valence-electron chi connectivity index (χ2n) is 11.6. The summed E-state index contributed by atoms with van der Waals surface area (Å²) >= 11 is 0. The molecule has 0 fully saturated rings. The summed E-state index contributed by atoms with van der Waals surface area (Å²) in [5.74, 6) is 1.89. The minimum absolute atomic E-state index is 0.598. The Morgan fingerprint density at radius 1 is 0.413 bits per heavy atom. The summed E-state index contributed by atoms with van der Waals surface area (Å²) in [6.45, 7) is 3.14. The van der Waals surface area contributed by atoms with Crippen molar-refractivity contribution in [1.82, 2.24) is 24.1 Å². The van der Waals surface area contributed by atoms with Gasteiger partial charge in [0.2, 0.25) is 5.95 Å². The molecule has 5 nitrogen and oxygen atoms in total. The van der Waals surface area contributed by atoms with Crippen molar-refractivity contribution in [2.24, 2.45) is 0 Å². The monoisotopic (exact) mass is 591 g/mol. The fraction of sp³-hybridized carbons (Fsp3) is 0.0488. The summed E-state index contributed by atoms with van der Waals surface area (Å²) in [4.78, 5) is 15.0. The summed E-state index contributed by atoms with van der Waals surface area (Å²) < 4.78 is 4.57. The summed E-state index contributed by atoms with van der Waals surface area (Å²) in [6.07, 6.45) is 0. The highest BCUT2D eigenvalue weighted by atomic mass is 15.2. The number of nitrogens with zero attached hydrogens (tertiary/aromatic N) is 5. The van der Waals surface area contributed by atoms with Gasteiger partial charge >= 0.3 is 0 Å². The summed E-state index contributed by atoms with van der Waals surface area (Å²) in [5, 5.41) is 4.89. The lowest BCUT2D eigenvalue weighted by Gasteiger charge is -2.11. The van der Waals surface area contributed by atoms with Gasteiger partial charge in [-0.05, 0) is 54.4 Å². The molecule has 218 valence electrons. The van der Waals surface area contributed by atoms with Crippen molar-refractivity contribution in [3.63, 3.8) is 0 Å². The topological polar surface area (TPSA) is 48.5 Å². The molecule has 0 atom stereocenters. The highest BCUT2D eigenvalue weighted by Gasteiger charge is 2.18. The van der Waals surface area contributed by atoms with Crippen LogP contribution in [0.4, 0.5) is 0 Å². The molecule has 0 spiro atoms. The zero-order valence-corrected chi connectivity index (χ0v) is 25.3. The third-order valence-corrected chi connectivity index (χ3v) is 8.98. The standard InChI is InChI=1S/C41H29N5/c1-2-45-35-19-11-9-17-31(35)33-25-29(21-23-36(33)45)30-22-24-38-34(26-30)32-18-10-12-20-37(32)46(38)41-43-39(27-13-5-3-6-14-27)42-40(44-41)28-15-7-4-8-16-28/h3-26H,2H2,1H3. The van der Waals surface area contributed by atoms with Crippen LogP contribution in [-0.4, -0.2) is 24.1 Å². The van der Waals surface area contributed by atoms with Crippen LogP contribution in [0.15, 0.2) is 146 Å². The second-order valence-corrected chi connectivity index (χ2v) is 11.6. The minimum Gasteiger partial charge on any atom is -0.341 e. The van der Waals surface area contributed by atoms with Crippen LogP contribution >= 0.6 is 0 Å². The maximum absolute atomic E-state index is 5.06. The van der Waals surface area contributed by atoms with Gasteiger partial charge in [0.15, 0.2) is 11.6 Å². The van der Waals surface area contributed by atoms with Crippen LogP contribution in [0.3, 0.4) is 0 Å². The zero-order chi connectivity index (χ0) is 30.6. The average molecular weight is 592 g/mol. The van der Waals surface area contributed by atoms with Gasteiger partial charge in [-0.3, -0.25) is 4.57 Å². The Balaban J connectivity index is 1.26. The van der Waals surface area contributed by atoms with Gasteiger partial charge in [0.1, 0.15) is 0 Å². The van der Waals surface area contributed by atoms with E-state index in [1.54, 1.807) is 0 Å². The molecule has 0 bridgehead atoms. The predicted octanol–water partition coefficient (Wildman–Crippen LogP) is 10.1. The first-order valence-corrected chi connectivity index (χ1v) is 15.7. The molecule has 0 radical (unpaired) electrons. The van der Waals surface area contributed by atoms with Gasteiger partial charge in [0.05, 0.1) is 11.0 Å². The minimum atomic E-state index is 0.598. The number of hydrogen-bond acceptors (Lipinski definition) is 3. The van der Waals surface area contributed by atoms with Crippen molar-refractivity contribution in [3.05, 3.63) is 146 Å². The molecule has 0 N–H and O–H groups in total. The smallest absolute Gasteiger partial charge is 0.238 e. The molecule has 0 aliphatic carbocycles. The molecule has 9 rings (SSSR count). The van der Waals surface area contributed by atoms with Crippen molar-refractivity contribution in [3.8, 4) is 39.9 Å². The van der Waals surface area contributed by atoms with Gasteiger partial charge in [-0.25, -0.2) is 4.98 Å². The van der Waals surface area contributed by atoms with Gasteiger partial charge in [0, 0.05) is 50.2 Å². The molecule has 0 unspecified atom stereocenters. The number of para-hydroxylation sites is 2. The molecule has 0 saturated carbocycles. The van der Waals surface area contributed by atoms with E-state index in [4.69, 9.17) is 15.0 Å². The lowest BCUT2D eigenvalue weighted by Crippen LogP contribution is -2.06. The number of benzene rings is 6. The number of hydrogen-bond donors (Lipinski definition) is 0. The molecule has 3 heterocycles. The van der Waals surface area contributed by atoms with E-state index in [0.717, 1.165) is 39.5 Å². The highest BCUT2D eigenvalue weighted by molar-refractivity contribution is 6.12. The van der Waals surface area contributed by atoms with E-state index in [0.29, 0.717) is 17.6 Å². The largest absolute Gasteiger partial charge is 0.341 e. The van der Waals surface area contributed by atoms with Crippen molar-refractivity contribution in [2.75, 3.05) is 0 Å². The van der Waals surface area contributed by atoms with E-state index in [-0.39, 0.29) is 0 Å². The van der Waals surface area contributed by atoms with E-state index in [2.05, 4.69) is 101 Å². The first kappa shape index (κ1) is 26.3. The zero-order valence-electron chi connectivity index (χ0n) is 25.3. The normalized spacial score (nSPS) is 11.7. The number of fused-ring (bicyclic) bond motifs is 6. The number of rotatable bonds is 5. The van der Waals surface area contributed by atoms with Gasteiger partial charge in [-0.1, -0.05) is 109 Å². The third-order valence-electron chi connectivity index (χ3n) is 8.98. The molecule has 0 amide bonds. The first-order valence-electron chi connectivity index (χ1n) is 15.7. The Hall–Kier alpha value is -6.07. The van der Waals surface area contributed by atoms with Crippen LogP contribution in [0.25, 0.3) is 83.5 Å². The fourth-order valence-corrected chi connectivity index (χ4v) is 6.84. The summed E-state index contributed by atoms with van der Waals surface area (Å²) in [6, 6.07) is 51.0. The third kappa shape index (κ3) is 4.13. The molecule has 9 aromatic rings. The van der Waals surface area contributed by atoms with E-state index in [1.165, 1.54) is 32.9 Å². The van der Waals surface area contributed by atoms with Crippen molar-refractivity contribution in [1.29, 1.82) is 0 Å². The molecule has 46 heavy (non-hydrogen) atoms. The predicted molar refractivity (Wildman–Crippen MR) is 189 cm³/mol. The fourth-order valence-electron chi connectivity index (χ4n) is 6.84. The second kappa shape index (κ2) is 10.5. The molecule has 0 aliphatic rings. The maximum Gasteiger partial charge on any atom is 0.238 e. The van der Waals surface area contributed by atoms with Crippen LogP contribution in [0.5, 0.6) is 0 Å². The van der Waals surface area contributed by atoms with Crippen molar-refractivity contribution >= 4 is 43.6 Å². The van der Waals surface area contributed by atoms with Gasteiger partial charge in [0.25, 0.3) is 0 Å². The van der Waals surface area contributed by atoms with Crippen LogP contribution in [0.1, 0.15) is 6.92 Å². The van der Waals surface area contributed by atoms with E-state index in [9.17, 15) is 0 Å². The SMILES string of the molecule is CCn1c2ccccc2c2cc(-c3ccc4c(c3)c3ccccc3n4-c3nc(-c4ccccc4)nc(-c4ccccc4)n3)ccc21. The molecule has 3 aromatic heterocycles. The Bertz CT molecular complexity index is 2500. The van der Waals surface area contributed by atoms with Crippen molar-refractivity contribution in [2.45, 2.75) is 13.5 Å². The van der Waals surface area contributed by atoms with Crippen LogP contribution in [-0.2, 0) is 6.54 Å². The Morgan fingerprint density at radius 3 is 1.48 bits per heavy atom. The lowest BCUT2D eigenvalue weighted by molar-refractivity contribution is 0.827. The van der Waals surface area contributed by atoms with E-state index < -0.39 is 0 Å². The summed E-state index contributed by atoms with van der Waals surface area (Å²) in [7, 11) is 0. The lowest BCUT2D eigenvalue weighted by atomic mass is 10.0. The Morgan fingerprint density at radius 2 is 0.870 bits per heavy atom. The molecular weight excluding hydrogens is 562 g/mol. The van der Waals surface area contributed by atoms with E-state index in [1.807, 2.05) is 60.7 Å². The molecule has 0 aliphatic heterocycles. The maximum atomic E-state index is 5.06.